The van der Waals surface area contributed by atoms with E-state index in [4.69, 9.17) is 0 Å². The van der Waals surface area contributed by atoms with Crippen LogP contribution in [0.2, 0.25) is 0 Å². The average molecular weight is 270 g/mol. The van der Waals surface area contributed by atoms with Gasteiger partial charge in [0.25, 0.3) is 0 Å². The summed E-state index contributed by atoms with van der Waals surface area (Å²) in [5.74, 6) is -0.276. The number of hydrogen-bond donors (Lipinski definition) is 1. The Hall–Kier alpha value is -1.67. The maximum Gasteiger partial charge on any atom is 0.123 e. The summed E-state index contributed by atoms with van der Waals surface area (Å²) >= 11 is 0. The van der Waals surface area contributed by atoms with E-state index in [1.54, 1.807) is 19.1 Å². The van der Waals surface area contributed by atoms with Crippen LogP contribution in [0.1, 0.15) is 35.6 Å². The summed E-state index contributed by atoms with van der Waals surface area (Å²) in [4.78, 5) is 0. The highest BCUT2D eigenvalue weighted by Crippen LogP contribution is 2.28. The van der Waals surface area contributed by atoms with Gasteiger partial charge in [-0.05, 0) is 60.6 Å². The zero-order chi connectivity index (χ0) is 14.2. The van der Waals surface area contributed by atoms with E-state index in [0.717, 1.165) is 17.5 Å². The Morgan fingerprint density at radius 3 is 2.50 bits per heavy atom. The van der Waals surface area contributed by atoms with Crippen molar-refractivity contribution in [3.05, 3.63) is 70.5 Å². The number of hydrogen-bond acceptors (Lipinski definition) is 1. The minimum absolute atomic E-state index is 0.276. The summed E-state index contributed by atoms with van der Waals surface area (Å²) in [5.41, 5.74) is 3.77. The van der Waals surface area contributed by atoms with Gasteiger partial charge in [-0.2, -0.15) is 0 Å². The molecule has 3 rings (SSSR count). The molecular formula is C18H19FO. The molecule has 0 saturated heterocycles. The fourth-order valence-electron chi connectivity index (χ4n) is 3.04. The van der Waals surface area contributed by atoms with Crippen molar-refractivity contribution in [1.29, 1.82) is 0 Å². The van der Waals surface area contributed by atoms with Gasteiger partial charge >= 0.3 is 0 Å². The zero-order valence-corrected chi connectivity index (χ0v) is 11.7. The molecule has 0 radical (unpaired) electrons. The third-order valence-electron chi connectivity index (χ3n) is 4.18. The monoisotopic (exact) mass is 270 g/mol. The van der Waals surface area contributed by atoms with Gasteiger partial charge in [0.15, 0.2) is 0 Å². The van der Waals surface area contributed by atoms with Crippen LogP contribution in [-0.2, 0) is 24.9 Å². The standard InChI is InChI=1S/C18H19FO/c1-18(20,16-7-9-17(19)10-8-16)12-13-5-6-14-3-2-4-15(14)11-13/h5-11,20H,2-4,12H2,1H3. The van der Waals surface area contributed by atoms with Crippen LogP contribution in [0.4, 0.5) is 4.39 Å². The van der Waals surface area contributed by atoms with Crippen molar-refractivity contribution in [2.75, 3.05) is 0 Å². The van der Waals surface area contributed by atoms with Gasteiger partial charge < -0.3 is 5.11 Å². The Bertz CT molecular complexity index is 614. The van der Waals surface area contributed by atoms with Gasteiger partial charge in [-0.1, -0.05) is 30.3 Å². The number of rotatable bonds is 3. The third kappa shape index (κ3) is 2.61. The molecule has 0 fully saturated rings. The summed E-state index contributed by atoms with van der Waals surface area (Å²) in [7, 11) is 0. The largest absolute Gasteiger partial charge is 0.385 e. The number of aliphatic hydroxyl groups is 1. The molecule has 1 N–H and O–H groups in total. The SMILES string of the molecule is CC(O)(Cc1ccc2c(c1)CCC2)c1ccc(F)cc1. The molecule has 0 aliphatic heterocycles. The summed E-state index contributed by atoms with van der Waals surface area (Å²) in [6.07, 6.45) is 4.09. The Morgan fingerprint density at radius 2 is 1.75 bits per heavy atom. The predicted molar refractivity (Wildman–Crippen MR) is 78.1 cm³/mol. The molecule has 1 nitrogen and oxygen atoms in total. The van der Waals surface area contributed by atoms with E-state index in [1.165, 1.54) is 36.1 Å². The first kappa shape index (κ1) is 13.3. The highest BCUT2D eigenvalue weighted by molar-refractivity contribution is 5.36. The first-order chi connectivity index (χ1) is 9.54. The molecule has 0 spiro atoms. The minimum Gasteiger partial charge on any atom is -0.385 e. The van der Waals surface area contributed by atoms with Crippen LogP contribution in [0.15, 0.2) is 42.5 Å². The second-order valence-electron chi connectivity index (χ2n) is 5.91. The highest BCUT2D eigenvalue weighted by Gasteiger charge is 2.24. The summed E-state index contributed by atoms with van der Waals surface area (Å²) in [6.45, 7) is 1.79. The molecule has 104 valence electrons. The van der Waals surface area contributed by atoms with Gasteiger partial charge in [0, 0.05) is 6.42 Å². The van der Waals surface area contributed by atoms with Crippen LogP contribution in [0.3, 0.4) is 0 Å². The van der Waals surface area contributed by atoms with E-state index >= 15 is 0 Å². The first-order valence-corrected chi connectivity index (χ1v) is 7.14. The van der Waals surface area contributed by atoms with Crippen molar-refractivity contribution >= 4 is 0 Å². The molecule has 1 aliphatic rings. The summed E-state index contributed by atoms with van der Waals surface area (Å²) in [6, 6.07) is 12.6. The first-order valence-electron chi connectivity index (χ1n) is 7.14. The van der Waals surface area contributed by atoms with Crippen LogP contribution < -0.4 is 0 Å². The maximum atomic E-state index is 13.0. The second-order valence-corrected chi connectivity index (χ2v) is 5.91. The molecular weight excluding hydrogens is 251 g/mol. The molecule has 0 heterocycles. The molecule has 20 heavy (non-hydrogen) atoms. The number of aryl methyl sites for hydroxylation is 2. The topological polar surface area (TPSA) is 20.2 Å². The second kappa shape index (κ2) is 5.02. The van der Waals surface area contributed by atoms with Crippen LogP contribution in [0, 0.1) is 5.82 Å². The number of fused-ring (bicyclic) bond motifs is 1. The molecule has 1 atom stereocenters. The average Bonchev–Trinajstić information content (AvgIpc) is 2.86. The van der Waals surface area contributed by atoms with Crippen molar-refractivity contribution in [2.45, 2.75) is 38.2 Å². The number of halogens is 1. The van der Waals surface area contributed by atoms with Gasteiger partial charge in [0.2, 0.25) is 0 Å². The fraction of sp³-hybridized carbons (Fsp3) is 0.333. The predicted octanol–water partition coefficient (Wildman–Crippen LogP) is 3.76. The molecule has 0 amide bonds. The van der Waals surface area contributed by atoms with Crippen molar-refractivity contribution < 1.29 is 9.50 Å². The van der Waals surface area contributed by atoms with E-state index in [2.05, 4.69) is 18.2 Å². The van der Waals surface area contributed by atoms with Crippen LogP contribution in [0.25, 0.3) is 0 Å². The van der Waals surface area contributed by atoms with Gasteiger partial charge in [-0.25, -0.2) is 4.39 Å². The molecule has 0 bridgehead atoms. The van der Waals surface area contributed by atoms with Crippen LogP contribution in [-0.4, -0.2) is 5.11 Å². The van der Waals surface area contributed by atoms with Crippen molar-refractivity contribution in [3.63, 3.8) is 0 Å². The number of benzene rings is 2. The van der Waals surface area contributed by atoms with E-state index in [9.17, 15) is 9.50 Å². The molecule has 2 aromatic carbocycles. The highest BCUT2D eigenvalue weighted by atomic mass is 19.1. The van der Waals surface area contributed by atoms with Crippen LogP contribution >= 0.6 is 0 Å². The lowest BCUT2D eigenvalue weighted by Crippen LogP contribution is -2.24. The molecule has 0 aromatic heterocycles. The summed E-state index contributed by atoms with van der Waals surface area (Å²) in [5, 5.41) is 10.7. The van der Waals surface area contributed by atoms with Gasteiger partial charge in [-0.15, -0.1) is 0 Å². The van der Waals surface area contributed by atoms with Crippen molar-refractivity contribution in [3.8, 4) is 0 Å². The molecule has 2 aromatic rings. The van der Waals surface area contributed by atoms with Crippen molar-refractivity contribution in [2.24, 2.45) is 0 Å². The van der Waals surface area contributed by atoms with Gasteiger partial charge in [0.05, 0.1) is 5.60 Å². The van der Waals surface area contributed by atoms with E-state index < -0.39 is 5.60 Å². The zero-order valence-electron chi connectivity index (χ0n) is 11.7. The van der Waals surface area contributed by atoms with Crippen molar-refractivity contribution in [1.82, 2.24) is 0 Å². The van der Waals surface area contributed by atoms with Crippen LogP contribution in [0.5, 0.6) is 0 Å². The Labute approximate surface area is 119 Å². The fourth-order valence-corrected chi connectivity index (χ4v) is 3.04. The maximum absolute atomic E-state index is 13.0. The quantitative estimate of drug-likeness (QED) is 0.900. The molecule has 1 aliphatic carbocycles. The Morgan fingerprint density at radius 1 is 1.05 bits per heavy atom. The normalized spacial score (nSPS) is 16.8. The van der Waals surface area contributed by atoms with E-state index in [-0.39, 0.29) is 5.82 Å². The van der Waals surface area contributed by atoms with Gasteiger partial charge in [0.1, 0.15) is 5.82 Å². The summed E-state index contributed by atoms with van der Waals surface area (Å²) < 4.78 is 13.0. The van der Waals surface area contributed by atoms with Gasteiger partial charge in [-0.3, -0.25) is 0 Å². The smallest absolute Gasteiger partial charge is 0.123 e. The van der Waals surface area contributed by atoms with E-state index in [0.29, 0.717) is 6.42 Å². The molecule has 1 unspecified atom stereocenters. The van der Waals surface area contributed by atoms with E-state index in [1.807, 2.05) is 0 Å². The lowest BCUT2D eigenvalue weighted by atomic mass is 9.88. The molecule has 2 heteroatoms. The molecule has 0 saturated carbocycles. The lowest BCUT2D eigenvalue weighted by Gasteiger charge is -2.24. The Balaban J connectivity index is 1.84. The minimum atomic E-state index is -0.972. The Kier molecular flexibility index (Phi) is 3.35. The third-order valence-corrected chi connectivity index (χ3v) is 4.18. The lowest BCUT2D eigenvalue weighted by molar-refractivity contribution is 0.0575.